The van der Waals surface area contributed by atoms with Crippen LogP contribution in [0, 0.1) is 0 Å². The molecule has 0 amide bonds. The average Bonchev–Trinajstić information content (AvgIpc) is 2.79. The molecule has 0 fully saturated rings. The summed E-state index contributed by atoms with van der Waals surface area (Å²) in [6.07, 6.45) is 4.34. The van der Waals surface area contributed by atoms with Crippen LogP contribution in [-0.2, 0) is 10.0 Å². The van der Waals surface area contributed by atoms with Crippen molar-refractivity contribution >= 4 is 26.0 Å². The third-order valence-corrected chi connectivity index (χ3v) is 8.04. The molecule has 2 aromatic carbocycles. The van der Waals surface area contributed by atoms with Crippen molar-refractivity contribution in [3.05, 3.63) is 58.1 Å². The molecule has 1 heterocycles. The molecule has 1 N–H and O–H groups in total. The van der Waals surface area contributed by atoms with E-state index in [1.807, 2.05) is 24.3 Å². The lowest BCUT2D eigenvalue weighted by atomic mass is 9.77. The van der Waals surface area contributed by atoms with E-state index in [1.54, 1.807) is 13.2 Å². The summed E-state index contributed by atoms with van der Waals surface area (Å²) in [7, 11) is -2.12. The molecule has 0 radical (unpaired) electrons. The fourth-order valence-electron chi connectivity index (χ4n) is 4.14. The maximum Gasteiger partial charge on any atom is 0.241 e. The lowest BCUT2D eigenvalue weighted by molar-refractivity contribution is 0.300. The van der Waals surface area contributed by atoms with Gasteiger partial charge in [-0.3, -0.25) is 0 Å². The Balaban J connectivity index is 2.25. The van der Waals surface area contributed by atoms with E-state index in [1.165, 1.54) is 0 Å². The molecule has 1 aliphatic heterocycles. The number of benzene rings is 2. The fraction of sp³-hybridized carbons (Fsp3) is 0.455. The van der Waals surface area contributed by atoms with Crippen molar-refractivity contribution in [3.8, 4) is 5.75 Å². The zero-order chi connectivity index (χ0) is 20.4. The molecule has 2 aromatic rings. The molecule has 0 saturated carbocycles. The molecule has 28 heavy (non-hydrogen) atoms. The van der Waals surface area contributed by atoms with Crippen LogP contribution in [0.3, 0.4) is 0 Å². The third kappa shape index (κ3) is 4.14. The van der Waals surface area contributed by atoms with Gasteiger partial charge in [0.25, 0.3) is 0 Å². The van der Waals surface area contributed by atoms with Gasteiger partial charge in [0.2, 0.25) is 10.0 Å². The SMILES string of the molecule is CCCCC1(CC)CC(c2ccccc2)c2cc(Br)c(OC)cc2S(=O)(=O)N1. The van der Waals surface area contributed by atoms with Crippen LogP contribution in [0.1, 0.15) is 63.0 Å². The van der Waals surface area contributed by atoms with Crippen LogP contribution in [0.15, 0.2) is 51.8 Å². The molecule has 0 aliphatic carbocycles. The second kappa shape index (κ2) is 8.56. The number of fused-ring (bicyclic) bond motifs is 1. The minimum absolute atomic E-state index is 0.0139. The van der Waals surface area contributed by atoms with E-state index in [-0.39, 0.29) is 5.92 Å². The molecule has 0 bridgehead atoms. The molecule has 0 spiro atoms. The third-order valence-electron chi connectivity index (χ3n) is 5.78. The number of methoxy groups -OCH3 is 1. The van der Waals surface area contributed by atoms with Gasteiger partial charge in [0.05, 0.1) is 16.5 Å². The van der Waals surface area contributed by atoms with Gasteiger partial charge in [-0.1, -0.05) is 57.0 Å². The summed E-state index contributed by atoms with van der Waals surface area (Å²) in [5.41, 5.74) is 1.49. The molecule has 2 atom stereocenters. The standard InChI is InChI=1S/C22H28BrNO3S/c1-4-6-12-22(5-2)15-18(16-10-8-7-9-11-16)17-13-19(23)20(27-3)14-21(17)28(25,26)24-22/h7-11,13-14,18,24H,4-6,12,15H2,1-3H3. The minimum atomic E-state index is -3.67. The molecule has 2 unspecified atom stereocenters. The summed E-state index contributed by atoms with van der Waals surface area (Å²) in [4.78, 5) is 0.313. The van der Waals surface area contributed by atoms with Crippen molar-refractivity contribution in [3.63, 3.8) is 0 Å². The van der Waals surface area contributed by atoms with Crippen molar-refractivity contribution in [1.29, 1.82) is 0 Å². The fourth-order valence-corrected chi connectivity index (χ4v) is 6.44. The van der Waals surface area contributed by atoms with E-state index in [9.17, 15) is 8.42 Å². The number of nitrogens with one attached hydrogen (secondary N) is 1. The van der Waals surface area contributed by atoms with Gasteiger partial charge in [-0.2, -0.15) is 0 Å². The first kappa shape index (κ1) is 21.3. The Bertz CT molecular complexity index is 930. The number of rotatable bonds is 6. The summed E-state index contributed by atoms with van der Waals surface area (Å²) < 4.78 is 36.0. The molecule has 0 aromatic heterocycles. The highest BCUT2D eigenvalue weighted by molar-refractivity contribution is 9.10. The van der Waals surface area contributed by atoms with Gasteiger partial charge in [-0.15, -0.1) is 0 Å². The van der Waals surface area contributed by atoms with Crippen LogP contribution in [0.5, 0.6) is 5.75 Å². The Labute approximate surface area is 176 Å². The largest absolute Gasteiger partial charge is 0.496 e. The molecule has 3 rings (SSSR count). The highest BCUT2D eigenvalue weighted by Gasteiger charge is 2.42. The maximum atomic E-state index is 13.4. The zero-order valence-electron chi connectivity index (χ0n) is 16.7. The predicted octanol–water partition coefficient (Wildman–Crippen LogP) is 5.61. The molecule has 1 aliphatic rings. The highest BCUT2D eigenvalue weighted by Crippen LogP contribution is 2.45. The second-order valence-electron chi connectivity index (χ2n) is 7.53. The second-order valence-corrected chi connectivity index (χ2v) is 10.0. The minimum Gasteiger partial charge on any atom is -0.496 e. The van der Waals surface area contributed by atoms with Crippen molar-refractivity contribution < 1.29 is 13.2 Å². The van der Waals surface area contributed by atoms with E-state index in [2.05, 4.69) is 46.6 Å². The van der Waals surface area contributed by atoms with Crippen LogP contribution >= 0.6 is 15.9 Å². The van der Waals surface area contributed by atoms with Gasteiger partial charge in [-0.25, -0.2) is 13.1 Å². The number of ether oxygens (including phenoxy) is 1. The Morgan fingerprint density at radius 3 is 2.54 bits per heavy atom. The smallest absolute Gasteiger partial charge is 0.241 e. The number of hydrogen-bond acceptors (Lipinski definition) is 3. The molecule has 6 heteroatoms. The van der Waals surface area contributed by atoms with Crippen LogP contribution in [0.25, 0.3) is 0 Å². The van der Waals surface area contributed by atoms with Crippen LogP contribution in [-0.4, -0.2) is 21.1 Å². The molecule has 152 valence electrons. The van der Waals surface area contributed by atoms with Gasteiger partial charge in [0, 0.05) is 17.5 Å². The van der Waals surface area contributed by atoms with E-state index in [0.717, 1.165) is 47.7 Å². The quantitative estimate of drug-likeness (QED) is 0.602. The predicted molar refractivity (Wildman–Crippen MR) is 116 cm³/mol. The topological polar surface area (TPSA) is 55.4 Å². The van der Waals surface area contributed by atoms with Gasteiger partial charge in [0.1, 0.15) is 5.75 Å². The Kier molecular flexibility index (Phi) is 6.52. The average molecular weight is 466 g/mol. The number of hydrogen-bond donors (Lipinski definition) is 1. The van der Waals surface area contributed by atoms with Crippen molar-refractivity contribution in [2.24, 2.45) is 0 Å². The maximum absolute atomic E-state index is 13.4. The molecular weight excluding hydrogens is 438 g/mol. The van der Waals surface area contributed by atoms with E-state index in [0.29, 0.717) is 10.6 Å². The highest BCUT2D eigenvalue weighted by atomic mass is 79.9. The summed E-state index contributed by atoms with van der Waals surface area (Å²) >= 11 is 3.55. The zero-order valence-corrected chi connectivity index (χ0v) is 19.1. The number of unbranched alkanes of at least 4 members (excludes halogenated alkanes) is 1. The molecular formula is C22H28BrNO3S. The van der Waals surface area contributed by atoms with E-state index in [4.69, 9.17) is 4.74 Å². The number of halogens is 1. The van der Waals surface area contributed by atoms with Crippen LogP contribution in [0.2, 0.25) is 0 Å². The lowest BCUT2D eigenvalue weighted by Crippen LogP contribution is -2.47. The molecule has 0 saturated heterocycles. The van der Waals surface area contributed by atoms with Crippen molar-refractivity contribution in [2.75, 3.05) is 7.11 Å². The van der Waals surface area contributed by atoms with Crippen molar-refractivity contribution in [1.82, 2.24) is 4.72 Å². The summed E-state index contributed by atoms with van der Waals surface area (Å²) in [6, 6.07) is 13.7. The first-order valence-corrected chi connectivity index (χ1v) is 12.1. The number of sulfonamides is 1. The van der Waals surface area contributed by atoms with E-state index >= 15 is 0 Å². The van der Waals surface area contributed by atoms with Gasteiger partial charge in [-0.05, 0) is 52.4 Å². The van der Waals surface area contributed by atoms with Gasteiger partial charge < -0.3 is 4.74 Å². The van der Waals surface area contributed by atoms with Crippen LogP contribution < -0.4 is 9.46 Å². The summed E-state index contributed by atoms with van der Waals surface area (Å²) in [5.74, 6) is 0.508. The normalized spacial score (nSPS) is 23.6. The Morgan fingerprint density at radius 1 is 1.21 bits per heavy atom. The lowest BCUT2D eigenvalue weighted by Gasteiger charge is -2.34. The summed E-state index contributed by atoms with van der Waals surface area (Å²) in [6.45, 7) is 4.21. The Hall–Kier alpha value is -1.37. The van der Waals surface area contributed by atoms with Crippen molar-refractivity contribution in [2.45, 2.75) is 62.3 Å². The van der Waals surface area contributed by atoms with Gasteiger partial charge >= 0.3 is 0 Å². The van der Waals surface area contributed by atoms with Gasteiger partial charge in [0.15, 0.2) is 0 Å². The first-order chi connectivity index (χ1) is 13.4. The van der Waals surface area contributed by atoms with Crippen LogP contribution in [0.4, 0.5) is 0 Å². The summed E-state index contributed by atoms with van der Waals surface area (Å²) in [5, 5.41) is 0. The molecule has 4 nitrogen and oxygen atoms in total. The van der Waals surface area contributed by atoms with E-state index < -0.39 is 15.6 Å². The monoisotopic (exact) mass is 465 g/mol. The Morgan fingerprint density at radius 2 is 1.93 bits per heavy atom. The first-order valence-electron chi connectivity index (χ1n) is 9.82.